The molecule has 0 saturated heterocycles. The molecule has 170 valence electrons. The normalized spacial score (nSPS) is 11.0. The number of para-hydroxylation sites is 2. The average molecular weight is 485 g/mol. The number of carbonyl (C=O) groups is 2. The van der Waals surface area contributed by atoms with Crippen LogP contribution in [0.15, 0.2) is 58.7 Å². The summed E-state index contributed by atoms with van der Waals surface area (Å²) in [4.78, 5) is 42.9. The molecule has 0 N–H and O–H groups in total. The third-order valence-electron chi connectivity index (χ3n) is 5.08. The first-order valence-corrected chi connectivity index (χ1v) is 11.4. The van der Waals surface area contributed by atoms with E-state index in [1.165, 1.54) is 23.2 Å². The Morgan fingerprint density at radius 3 is 2.64 bits per heavy atom. The molecule has 2 aromatic heterocycles. The zero-order chi connectivity index (χ0) is 23.5. The topological polar surface area (TPSA) is 86.4 Å². The molecule has 33 heavy (non-hydrogen) atoms. The Kier molecular flexibility index (Phi) is 6.62. The van der Waals surface area contributed by atoms with Gasteiger partial charge < -0.3 is 4.74 Å². The number of hydrogen-bond donors (Lipinski definition) is 0. The van der Waals surface area contributed by atoms with E-state index in [2.05, 4.69) is 4.98 Å². The van der Waals surface area contributed by atoms with E-state index >= 15 is 0 Å². The monoisotopic (exact) mass is 484 g/mol. The van der Waals surface area contributed by atoms with Gasteiger partial charge in [-0.1, -0.05) is 29.8 Å². The van der Waals surface area contributed by atoms with Gasteiger partial charge >= 0.3 is 11.7 Å². The Balaban J connectivity index is 1.39. The van der Waals surface area contributed by atoms with E-state index in [1.807, 2.05) is 24.3 Å². The van der Waals surface area contributed by atoms with Crippen molar-refractivity contribution in [3.8, 4) is 0 Å². The Morgan fingerprint density at radius 1 is 1.15 bits per heavy atom. The summed E-state index contributed by atoms with van der Waals surface area (Å²) in [6.07, 6.45) is 0.0486. The van der Waals surface area contributed by atoms with Crippen LogP contribution in [0.4, 0.5) is 10.8 Å². The summed E-state index contributed by atoms with van der Waals surface area (Å²) in [6.45, 7) is 1.63. The molecule has 0 aliphatic heterocycles. The molecule has 0 radical (unpaired) electrons. The van der Waals surface area contributed by atoms with Crippen molar-refractivity contribution in [3.05, 3.63) is 75.1 Å². The minimum absolute atomic E-state index is 0.0267. The molecule has 2 aromatic carbocycles. The molecule has 0 spiro atoms. The highest BCUT2D eigenvalue weighted by Gasteiger charge is 2.19. The molecule has 0 bridgehead atoms. The molecule has 10 heteroatoms. The Hall–Kier alpha value is -3.43. The van der Waals surface area contributed by atoms with Gasteiger partial charge in [0.1, 0.15) is 6.61 Å². The highest BCUT2D eigenvalue weighted by atomic mass is 35.5. The number of fused-ring (bicyclic) bond motifs is 1. The first-order chi connectivity index (χ1) is 15.8. The number of rotatable bonds is 7. The average Bonchev–Trinajstić information content (AvgIpc) is 3.34. The number of amides is 1. The molecule has 1 amide bonds. The highest BCUT2D eigenvalue weighted by molar-refractivity contribution is 7.14. The van der Waals surface area contributed by atoms with Gasteiger partial charge in [0.2, 0.25) is 5.91 Å². The summed E-state index contributed by atoms with van der Waals surface area (Å²) in [6, 6.07) is 14.3. The van der Waals surface area contributed by atoms with Crippen LogP contribution in [0.2, 0.25) is 5.02 Å². The molecule has 0 aliphatic rings. The number of esters is 1. The van der Waals surface area contributed by atoms with Crippen LogP contribution < -0.4 is 10.6 Å². The number of hydrogen-bond acceptors (Lipinski definition) is 6. The molecule has 8 nitrogen and oxygen atoms in total. The Morgan fingerprint density at radius 2 is 1.91 bits per heavy atom. The maximum Gasteiger partial charge on any atom is 0.328 e. The van der Waals surface area contributed by atoms with Gasteiger partial charge in [0.15, 0.2) is 5.13 Å². The molecule has 0 fully saturated rings. The van der Waals surface area contributed by atoms with Gasteiger partial charge in [-0.3, -0.25) is 23.6 Å². The van der Waals surface area contributed by atoms with Crippen molar-refractivity contribution >= 4 is 56.7 Å². The summed E-state index contributed by atoms with van der Waals surface area (Å²) in [7, 11) is 1.70. The maximum atomic E-state index is 12.5. The Bertz CT molecular complexity index is 1390. The maximum absolute atomic E-state index is 12.5. The minimum atomic E-state index is -0.442. The van der Waals surface area contributed by atoms with Gasteiger partial charge in [-0.15, -0.1) is 11.3 Å². The van der Waals surface area contributed by atoms with Gasteiger partial charge in [-0.25, -0.2) is 9.78 Å². The van der Waals surface area contributed by atoms with Gasteiger partial charge in [0, 0.05) is 30.9 Å². The molecular formula is C23H21ClN4O4S. The third kappa shape index (κ3) is 4.84. The van der Waals surface area contributed by atoms with Crippen molar-refractivity contribution < 1.29 is 14.3 Å². The predicted molar refractivity (Wildman–Crippen MR) is 128 cm³/mol. The summed E-state index contributed by atoms with van der Waals surface area (Å²) < 4.78 is 8.46. The molecule has 0 unspecified atom stereocenters. The summed E-state index contributed by atoms with van der Waals surface area (Å²) in [5.74, 6) is -0.654. The van der Waals surface area contributed by atoms with E-state index < -0.39 is 5.97 Å². The molecule has 4 aromatic rings. The zero-order valence-electron chi connectivity index (χ0n) is 18.0. The number of anilines is 2. The standard InChI is InChI=1S/C23H21ClN4O4S/c1-15(29)28(18-7-5-6-16(24)12-18)22-25-17(14-33-22)13-32-21(30)10-11-27-20-9-4-3-8-19(20)26(2)23(27)31/h3-9,12,14H,10-11,13H2,1-2H3. The summed E-state index contributed by atoms with van der Waals surface area (Å²) >= 11 is 7.32. The van der Waals surface area contributed by atoms with Crippen molar-refractivity contribution in [2.24, 2.45) is 7.05 Å². The molecular weight excluding hydrogens is 464 g/mol. The molecule has 0 aliphatic carbocycles. The number of halogens is 1. The number of ether oxygens (including phenoxy) is 1. The predicted octanol–water partition coefficient (Wildman–Crippen LogP) is 4.27. The molecule has 4 rings (SSSR count). The van der Waals surface area contributed by atoms with E-state index in [9.17, 15) is 14.4 Å². The van der Waals surface area contributed by atoms with E-state index in [4.69, 9.17) is 16.3 Å². The van der Waals surface area contributed by atoms with Crippen molar-refractivity contribution in [2.75, 3.05) is 4.90 Å². The summed E-state index contributed by atoms with van der Waals surface area (Å²) in [5.41, 5.74) is 2.53. The van der Waals surface area contributed by atoms with Gasteiger partial charge in [0.25, 0.3) is 0 Å². The fraction of sp³-hybridized carbons (Fsp3) is 0.217. The lowest BCUT2D eigenvalue weighted by atomic mass is 10.3. The first-order valence-electron chi connectivity index (χ1n) is 10.2. The molecule has 0 atom stereocenters. The number of aryl methyl sites for hydroxylation is 2. The number of nitrogens with zero attached hydrogens (tertiary/aromatic N) is 4. The van der Waals surface area contributed by atoms with Crippen molar-refractivity contribution in [3.63, 3.8) is 0 Å². The number of carbonyl (C=O) groups excluding carboxylic acids is 2. The van der Waals surface area contributed by atoms with Crippen molar-refractivity contribution in [1.82, 2.24) is 14.1 Å². The Labute approximate surface area is 198 Å². The van der Waals surface area contributed by atoms with Crippen LogP contribution in [0, 0.1) is 0 Å². The second-order valence-corrected chi connectivity index (χ2v) is 8.62. The lowest BCUT2D eigenvalue weighted by molar-refractivity contribution is -0.145. The highest BCUT2D eigenvalue weighted by Crippen LogP contribution is 2.30. The van der Waals surface area contributed by atoms with Gasteiger partial charge in [-0.2, -0.15) is 0 Å². The number of aromatic nitrogens is 3. The lowest BCUT2D eigenvalue weighted by Gasteiger charge is -2.18. The molecule has 0 saturated carbocycles. The van der Waals surface area contributed by atoms with E-state index in [-0.39, 0.29) is 31.2 Å². The van der Waals surface area contributed by atoms with E-state index in [0.29, 0.717) is 21.5 Å². The number of benzene rings is 2. The SMILES string of the molecule is CC(=O)N(c1cccc(Cl)c1)c1nc(COC(=O)CCn2c(=O)n(C)c3ccccc32)cs1. The van der Waals surface area contributed by atoms with Crippen LogP contribution in [0.25, 0.3) is 11.0 Å². The van der Waals surface area contributed by atoms with Gasteiger partial charge in [0.05, 0.1) is 28.8 Å². The summed E-state index contributed by atoms with van der Waals surface area (Å²) in [5, 5.41) is 2.70. The third-order valence-corrected chi connectivity index (χ3v) is 6.19. The van der Waals surface area contributed by atoms with Crippen LogP contribution in [0.1, 0.15) is 19.0 Å². The van der Waals surface area contributed by atoms with E-state index in [1.54, 1.807) is 45.8 Å². The zero-order valence-corrected chi connectivity index (χ0v) is 19.6. The smallest absolute Gasteiger partial charge is 0.328 e. The van der Waals surface area contributed by atoms with Crippen LogP contribution >= 0.6 is 22.9 Å². The largest absolute Gasteiger partial charge is 0.459 e. The number of thiazole rings is 1. The first kappa shape index (κ1) is 22.8. The lowest BCUT2D eigenvalue weighted by Crippen LogP contribution is -2.23. The quantitative estimate of drug-likeness (QED) is 0.366. The minimum Gasteiger partial charge on any atom is -0.459 e. The fourth-order valence-electron chi connectivity index (χ4n) is 3.52. The van der Waals surface area contributed by atoms with Crippen LogP contribution in [0.5, 0.6) is 0 Å². The van der Waals surface area contributed by atoms with Crippen molar-refractivity contribution in [2.45, 2.75) is 26.5 Å². The second-order valence-electron chi connectivity index (χ2n) is 7.35. The molecule has 2 heterocycles. The van der Waals surface area contributed by atoms with Crippen LogP contribution in [0.3, 0.4) is 0 Å². The van der Waals surface area contributed by atoms with Crippen LogP contribution in [-0.2, 0) is 34.5 Å². The number of imidazole rings is 1. The van der Waals surface area contributed by atoms with Gasteiger partial charge in [-0.05, 0) is 30.3 Å². The fourth-order valence-corrected chi connectivity index (χ4v) is 4.57. The van der Waals surface area contributed by atoms with E-state index in [0.717, 1.165) is 11.0 Å². The van der Waals surface area contributed by atoms with Crippen molar-refractivity contribution in [1.29, 1.82) is 0 Å². The van der Waals surface area contributed by atoms with Crippen LogP contribution in [-0.4, -0.2) is 26.0 Å². The second kappa shape index (κ2) is 9.60.